The van der Waals surface area contributed by atoms with Crippen LogP contribution in [-0.4, -0.2) is 33.7 Å². The molecule has 5 heteroatoms. The molecule has 2 heterocycles. The lowest BCUT2D eigenvalue weighted by molar-refractivity contribution is -0.141. The van der Waals surface area contributed by atoms with Gasteiger partial charge in [-0.2, -0.15) is 10.4 Å². The summed E-state index contributed by atoms with van der Waals surface area (Å²) in [4.78, 5) is 14.0. The van der Waals surface area contributed by atoms with Gasteiger partial charge in [0, 0.05) is 25.2 Å². The molecule has 0 spiro atoms. The van der Waals surface area contributed by atoms with Crippen LogP contribution in [0.1, 0.15) is 37.3 Å². The van der Waals surface area contributed by atoms with Crippen LogP contribution >= 0.6 is 0 Å². The predicted molar refractivity (Wildman–Crippen MR) is 64.5 cm³/mol. The molecule has 0 radical (unpaired) electrons. The number of hydrogen-bond acceptors (Lipinski definition) is 3. The third-order valence-electron chi connectivity index (χ3n) is 3.98. The van der Waals surface area contributed by atoms with Crippen LogP contribution in [0.5, 0.6) is 0 Å². The number of carbonyl (C=O) groups excluding carboxylic acids is 1. The Balaban J connectivity index is 1.56. The minimum atomic E-state index is 0.248. The number of carbonyl (C=O) groups is 1. The van der Waals surface area contributed by atoms with Crippen molar-refractivity contribution in [2.75, 3.05) is 13.1 Å². The fraction of sp³-hybridized carbons (Fsp3) is 0.615. The van der Waals surface area contributed by atoms with Gasteiger partial charge in [0.25, 0.3) is 0 Å². The number of nitriles is 1. The quantitative estimate of drug-likeness (QED) is 0.788. The van der Waals surface area contributed by atoms with E-state index in [0.29, 0.717) is 11.5 Å². The monoisotopic (exact) mass is 244 g/mol. The maximum absolute atomic E-state index is 12.1. The molecule has 1 amide bonds. The number of amides is 1. The van der Waals surface area contributed by atoms with E-state index < -0.39 is 0 Å². The van der Waals surface area contributed by atoms with E-state index >= 15 is 0 Å². The van der Waals surface area contributed by atoms with Gasteiger partial charge in [-0.25, -0.2) is 0 Å². The summed E-state index contributed by atoms with van der Waals surface area (Å²) in [5.41, 5.74) is 0.579. The average molecular weight is 244 g/mol. The van der Waals surface area contributed by atoms with E-state index in [9.17, 15) is 4.79 Å². The van der Waals surface area contributed by atoms with Crippen LogP contribution in [0.25, 0.3) is 0 Å². The lowest BCUT2D eigenvalue weighted by Crippen LogP contribution is -2.52. The van der Waals surface area contributed by atoms with Crippen molar-refractivity contribution in [3.8, 4) is 6.07 Å². The fourth-order valence-corrected chi connectivity index (χ4v) is 2.83. The van der Waals surface area contributed by atoms with Crippen molar-refractivity contribution in [1.82, 2.24) is 14.7 Å². The van der Waals surface area contributed by atoms with E-state index in [0.717, 1.165) is 25.9 Å². The molecule has 94 valence electrons. The van der Waals surface area contributed by atoms with Gasteiger partial charge in [-0.15, -0.1) is 0 Å². The zero-order valence-electron chi connectivity index (χ0n) is 10.2. The molecule has 1 saturated carbocycles. The van der Waals surface area contributed by atoms with Crippen LogP contribution < -0.4 is 0 Å². The van der Waals surface area contributed by atoms with Crippen LogP contribution in [0.3, 0.4) is 0 Å². The molecule has 0 atom stereocenters. The summed E-state index contributed by atoms with van der Waals surface area (Å²) in [7, 11) is 0. The molecule has 1 aromatic heterocycles. The van der Waals surface area contributed by atoms with E-state index in [-0.39, 0.29) is 12.0 Å². The molecular weight excluding hydrogens is 228 g/mol. The molecule has 2 fully saturated rings. The van der Waals surface area contributed by atoms with Crippen molar-refractivity contribution < 1.29 is 4.79 Å². The molecule has 0 bridgehead atoms. The smallest absolute Gasteiger partial charge is 0.225 e. The lowest BCUT2D eigenvalue weighted by atomic mass is 10.0. The van der Waals surface area contributed by atoms with Gasteiger partial charge in [-0.05, 0) is 12.8 Å². The minimum absolute atomic E-state index is 0.248. The van der Waals surface area contributed by atoms with Crippen molar-refractivity contribution >= 4 is 5.91 Å². The van der Waals surface area contributed by atoms with Gasteiger partial charge in [0.1, 0.15) is 6.07 Å². The van der Waals surface area contributed by atoms with Crippen LogP contribution in [0, 0.1) is 17.2 Å². The zero-order chi connectivity index (χ0) is 12.5. The van der Waals surface area contributed by atoms with Gasteiger partial charge in [0.05, 0.1) is 17.8 Å². The molecular formula is C13H16N4O. The number of likely N-dealkylation sites (tertiary alicyclic amines) is 1. The van der Waals surface area contributed by atoms with Crippen molar-refractivity contribution in [3.63, 3.8) is 0 Å². The Morgan fingerprint density at radius 3 is 2.72 bits per heavy atom. The third kappa shape index (κ3) is 1.88. The molecule has 5 nitrogen and oxygen atoms in total. The molecule has 18 heavy (non-hydrogen) atoms. The fourth-order valence-electron chi connectivity index (χ4n) is 2.83. The second kappa shape index (κ2) is 4.45. The summed E-state index contributed by atoms with van der Waals surface area (Å²) in [5.74, 6) is 0.578. The Bertz CT molecular complexity index is 489. The second-order valence-corrected chi connectivity index (χ2v) is 5.20. The molecule has 0 N–H and O–H groups in total. The van der Waals surface area contributed by atoms with E-state index in [1.165, 1.54) is 12.8 Å². The zero-order valence-corrected chi connectivity index (χ0v) is 10.2. The van der Waals surface area contributed by atoms with Crippen LogP contribution in [0.2, 0.25) is 0 Å². The SMILES string of the molecule is N#Cc1cnn(C2CN(C(=O)C3CCCC3)C2)c1. The first-order chi connectivity index (χ1) is 8.78. The molecule has 1 aliphatic carbocycles. The van der Waals surface area contributed by atoms with Crippen LogP contribution in [0.15, 0.2) is 12.4 Å². The molecule has 0 aromatic carbocycles. The molecule has 0 unspecified atom stereocenters. The molecule has 3 rings (SSSR count). The van der Waals surface area contributed by atoms with E-state index in [1.54, 1.807) is 17.1 Å². The van der Waals surface area contributed by atoms with Crippen molar-refractivity contribution in [3.05, 3.63) is 18.0 Å². The van der Waals surface area contributed by atoms with E-state index in [4.69, 9.17) is 5.26 Å². The Labute approximate surface area is 106 Å². The van der Waals surface area contributed by atoms with E-state index in [2.05, 4.69) is 11.2 Å². The highest BCUT2D eigenvalue weighted by Gasteiger charge is 2.36. The van der Waals surface area contributed by atoms with Crippen LogP contribution in [-0.2, 0) is 4.79 Å². The summed E-state index contributed by atoms with van der Waals surface area (Å²) in [5, 5.41) is 12.9. The number of hydrogen-bond donors (Lipinski definition) is 0. The Morgan fingerprint density at radius 1 is 1.39 bits per heavy atom. The van der Waals surface area contributed by atoms with Gasteiger partial charge in [0.15, 0.2) is 0 Å². The largest absolute Gasteiger partial charge is 0.338 e. The summed E-state index contributed by atoms with van der Waals surface area (Å²) in [6.45, 7) is 1.48. The van der Waals surface area contributed by atoms with Crippen molar-refractivity contribution in [1.29, 1.82) is 5.26 Å². The standard InChI is InChI=1S/C13H16N4O/c14-5-10-6-15-17(7-10)12-8-16(9-12)13(18)11-3-1-2-4-11/h6-7,11-12H,1-4,8-9H2. The van der Waals surface area contributed by atoms with Gasteiger partial charge in [-0.1, -0.05) is 12.8 Å². The molecule has 1 aromatic rings. The van der Waals surface area contributed by atoms with Crippen molar-refractivity contribution in [2.45, 2.75) is 31.7 Å². The van der Waals surface area contributed by atoms with Gasteiger partial charge in [0.2, 0.25) is 5.91 Å². The number of aromatic nitrogens is 2. The first-order valence-corrected chi connectivity index (χ1v) is 6.51. The van der Waals surface area contributed by atoms with Gasteiger partial charge < -0.3 is 4.90 Å². The third-order valence-corrected chi connectivity index (χ3v) is 3.98. The first kappa shape index (κ1) is 11.3. The maximum atomic E-state index is 12.1. The minimum Gasteiger partial charge on any atom is -0.338 e. The predicted octanol–water partition coefficient (Wildman–Crippen LogP) is 1.33. The highest BCUT2D eigenvalue weighted by molar-refractivity contribution is 5.79. The summed E-state index contributed by atoms with van der Waals surface area (Å²) < 4.78 is 1.80. The number of nitrogens with zero attached hydrogens (tertiary/aromatic N) is 4. The second-order valence-electron chi connectivity index (χ2n) is 5.20. The molecule has 2 aliphatic rings. The Hall–Kier alpha value is -1.83. The Morgan fingerprint density at radius 2 is 2.11 bits per heavy atom. The average Bonchev–Trinajstić information content (AvgIpc) is 2.98. The van der Waals surface area contributed by atoms with Crippen molar-refractivity contribution in [2.24, 2.45) is 5.92 Å². The van der Waals surface area contributed by atoms with E-state index in [1.807, 2.05) is 4.90 Å². The van der Waals surface area contributed by atoms with Crippen LogP contribution in [0.4, 0.5) is 0 Å². The first-order valence-electron chi connectivity index (χ1n) is 6.51. The molecule has 1 saturated heterocycles. The van der Waals surface area contributed by atoms with Gasteiger partial charge in [-0.3, -0.25) is 9.48 Å². The molecule has 1 aliphatic heterocycles. The lowest BCUT2D eigenvalue weighted by Gasteiger charge is -2.40. The normalized spacial score (nSPS) is 20.7. The highest BCUT2D eigenvalue weighted by Crippen LogP contribution is 2.30. The number of rotatable bonds is 2. The maximum Gasteiger partial charge on any atom is 0.225 e. The topological polar surface area (TPSA) is 61.9 Å². The van der Waals surface area contributed by atoms with Gasteiger partial charge >= 0.3 is 0 Å². The summed E-state index contributed by atoms with van der Waals surface area (Å²) in [6.07, 6.45) is 7.82. The summed E-state index contributed by atoms with van der Waals surface area (Å²) in [6, 6.07) is 2.31. The highest BCUT2D eigenvalue weighted by atomic mass is 16.2. The summed E-state index contributed by atoms with van der Waals surface area (Å²) >= 11 is 0. The Kier molecular flexibility index (Phi) is 2.78.